The van der Waals surface area contributed by atoms with Gasteiger partial charge in [-0.1, -0.05) is 12.2 Å². The summed E-state index contributed by atoms with van der Waals surface area (Å²) in [5.41, 5.74) is 5.73. The van der Waals surface area contributed by atoms with Gasteiger partial charge in [-0.15, -0.1) is 0 Å². The normalized spacial score (nSPS) is 34.6. The Hall–Kier alpha value is 0.200. The Labute approximate surface area is 95.6 Å². The maximum atomic E-state index is 5.73. The van der Waals surface area contributed by atoms with Gasteiger partial charge >= 0.3 is 0 Å². The highest BCUT2D eigenvalue weighted by Crippen LogP contribution is 2.26. The largest absolute Gasteiger partial charge is 0.393 e. The quantitative estimate of drug-likeness (QED) is 0.728. The monoisotopic (exact) mass is 230 g/mol. The summed E-state index contributed by atoms with van der Waals surface area (Å²) in [5, 5.41) is 0. The molecule has 0 aromatic rings. The van der Waals surface area contributed by atoms with Crippen LogP contribution in [0.3, 0.4) is 0 Å². The molecule has 2 rings (SSSR count). The van der Waals surface area contributed by atoms with Crippen LogP contribution in [0.2, 0.25) is 0 Å². The van der Waals surface area contributed by atoms with Gasteiger partial charge in [0, 0.05) is 24.3 Å². The number of likely N-dealkylation sites (tertiary alicyclic amines) is 1. The summed E-state index contributed by atoms with van der Waals surface area (Å²) in [6.45, 7) is 2.37. The van der Waals surface area contributed by atoms with E-state index < -0.39 is 0 Å². The Balaban J connectivity index is 1.89. The second-order valence-corrected chi connectivity index (χ2v) is 5.88. The fraction of sp³-hybridized carbons (Fsp3) is 0.900. The molecule has 2 N–H and O–H groups in total. The molecular formula is C10H18N2S2. The molecule has 2 unspecified atom stereocenters. The lowest BCUT2D eigenvalue weighted by molar-refractivity contribution is 0.158. The predicted molar refractivity (Wildman–Crippen MR) is 66.8 cm³/mol. The lowest BCUT2D eigenvalue weighted by Gasteiger charge is -2.36. The molecule has 0 aromatic heterocycles. The van der Waals surface area contributed by atoms with Crippen molar-refractivity contribution in [2.24, 2.45) is 11.7 Å². The van der Waals surface area contributed by atoms with Gasteiger partial charge in [0.25, 0.3) is 0 Å². The molecular weight excluding hydrogens is 212 g/mol. The van der Waals surface area contributed by atoms with Crippen molar-refractivity contribution in [2.75, 3.05) is 24.6 Å². The van der Waals surface area contributed by atoms with Crippen LogP contribution in [-0.2, 0) is 0 Å². The molecule has 14 heavy (non-hydrogen) atoms. The van der Waals surface area contributed by atoms with Crippen LogP contribution in [0, 0.1) is 5.92 Å². The van der Waals surface area contributed by atoms with E-state index >= 15 is 0 Å². The van der Waals surface area contributed by atoms with Crippen LogP contribution >= 0.6 is 24.0 Å². The number of rotatable bonds is 2. The average Bonchev–Trinajstić information content (AvgIpc) is 2.71. The minimum absolute atomic E-state index is 0.476. The summed E-state index contributed by atoms with van der Waals surface area (Å²) in [6, 6.07) is 0.803. The van der Waals surface area contributed by atoms with Gasteiger partial charge in [0.05, 0.1) is 4.99 Å². The molecule has 2 nitrogen and oxygen atoms in total. The van der Waals surface area contributed by atoms with Crippen LogP contribution in [0.1, 0.15) is 19.3 Å². The first kappa shape index (κ1) is 10.7. The van der Waals surface area contributed by atoms with Gasteiger partial charge in [0.2, 0.25) is 0 Å². The topological polar surface area (TPSA) is 29.3 Å². The Morgan fingerprint density at radius 1 is 1.43 bits per heavy atom. The van der Waals surface area contributed by atoms with Crippen LogP contribution in [-0.4, -0.2) is 40.5 Å². The minimum Gasteiger partial charge on any atom is -0.393 e. The van der Waals surface area contributed by atoms with E-state index in [1.54, 1.807) is 0 Å². The Morgan fingerprint density at radius 3 is 2.93 bits per heavy atom. The van der Waals surface area contributed by atoms with E-state index in [9.17, 15) is 0 Å². The summed E-state index contributed by atoms with van der Waals surface area (Å²) in [6.07, 6.45) is 3.82. The van der Waals surface area contributed by atoms with Crippen molar-refractivity contribution in [3.05, 3.63) is 0 Å². The van der Waals surface area contributed by atoms with Crippen LogP contribution in [0.15, 0.2) is 0 Å². The Kier molecular flexibility index (Phi) is 3.68. The fourth-order valence-electron chi connectivity index (χ4n) is 2.38. The van der Waals surface area contributed by atoms with E-state index in [4.69, 9.17) is 18.0 Å². The lowest BCUT2D eigenvalue weighted by Crippen LogP contribution is -2.45. The molecule has 0 amide bonds. The zero-order valence-corrected chi connectivity index (χ0v) is 10.1. The molecule has 0 saturated carbocycles. The second kappa shape index (κ2) is 4.81. The van der Waals surface area contributed by atoms with Crippen molar-refractivity contribution in [2.45, 2.75) is 25.3 Å². The van der Waals surface area contributed by atoms with Gasteiger partial charge in [-0.2, -0.15) is 11.8 Å². The summed E-state index contributed by atoms with van der Waals surface area (Å²) in [7, 11) is 0. The molecule has 4 heteroatoms. The molecule has 2 heterocycles. The molecule has 2 aliphatic heterocycles. The maximum absolute atomic E-state index is 5.73. The van der Waals surface area contributed by atoms with E-state index in [0.29, 0.717) is 5.92 Å². The van der Waals surface area contributed by atoms with E-state index in [1.807, 2.05) is 0 Å². The van der Waals surface area contributed by atoms with Crippen molar-refractivity contribution in [1.29, 1.82) is 0 Å². The highest BCUT2D eigenvalue weighted by atomic mass is 32.2. The molecule has 0 aliphatic carbocycles. The molecule has 2 saturated heterocycles. The molecule has 0 aromatic carbocycles. The first-order valence-corrected chi connectivity index (χ1v) is 6.95. The molecule has 2 aliphatic rings. The van der Waals surface area contributed by atoms with Gasteiger partial charge in [-0.05, 0) is 31.6 Å². The smallest absolute Gasteiger partial charge is 0.0771 e. The zero-order chi connectivity index (χ0) is 9.97. The standard InChI is InChI=1S/C10H18N2S2/c11-10(13)8-2-1-4-12(6-8)9-3-5-14-7-9/h8-9H,1-7H2,(H2,11,13). The van der Waals surface area contributed by atoms with Gasteiger partial charge < -0.3 is 5.73 Å². The summed E-state index contributed by atoms with van der Waals surface area (Å²) < 4.78 is 0. The van der Waals surface area contributed by atoms with E-state index in [1.165, 1.54) is 37.3 Å². The first-order valence-electron chi connectivity index (χ1n) is 5.38. The third-order valence-corrected chi connectivity index (χ3v) is 4.76. The maximum Gasteiger partial charge on any atom is 0.0771 e. The van der Waals surface area contributed by atoms with E-state index in [2.05, 4.69) is 16.7 Å². The summed E-state index contributed by atoms with van der Waals surface area (Å²) in [4.78, 5) is 3.33. The third kappa shape index (κ3) is 2.41. The molecule has 0 bridgehead atoms. The molecule has 0 spiro atoms. The lowest BCUT2D eigenvalue weighted by atomic mass is 9.96. The number of piperidine rings is 1. The number of nitrogens with zero attached hydrogens (tertiary/aromatic N) is 1. The highest BCUT2D eigenvalue weighted by molar-refractivity contribution is 7.99. The third-order valence-electron chi connectivity index (χ3n) is 3.28. The summed E-state index contributed by atoms with van der Waals surface area (Å²) >= 11 is 7.17. The van der Waals surface area contributed by atoms with Crippen molar-refractivity contribution in [3.8, 4) is 0 Å². The van der Waals surface area contributed by atoms with Gasteiger partial charge in [-0.3, -0.25) is 4.90 Å². The molecule has 2 atom stereocenters. The zero-order valence-electron chi connectivity index (χ0n) is 8.45. The average molecular weight is 230 g/mol. The van der Waals surface area contributed by atoms with Crippen molar-refractivity contribution >= 4 is 29.0 Å². The van der Waals surface area contributed by atoms with Crippen molar-refractivity contribution in [3.63, 3.8) is 0 Å². The fourth-order valence-corrected chi connectivity index (χ4v) is 3.83. The number of thiocarbonyl (C=S) groups is 1. The van der Waals surface area contributed by atoms with Gasteiger partial charge in [0.1, 0.15) is 0 Å². The molecule has 0 radical (unpaired) electrons. The van der Waals surface area contributed by atoms with Crippen LogP contribution < -0.4 is 5.73 Å². The van der Waals surface area contributed by atoms with Crippen molar-refractivity contribution < 1.29 is 0 Å². The SMILES string of the molecule is NC(=S)C1CCCN(C2CCSC2)C1. The number of thioether (sulfide) groups is 1. The number of nitrogens with two attached hydrogens (primary N) is 1. The van der Waals surface area contributed by atoms with Crippen LogP contribution in [0.25, 0.3) is 0 Å². The van der Waals surface area contributed by atoms with Crippen molar-refractivity contribution in [1.82, 2.24) is 4.90 Å². The highest BCUT2D eigenvalue weighted by Gasteiger charge is 2.28. The number of hydrogen-bond donors (Lipinski definition) is 1. The van der Waals surface area contributed by atoms with Gasteiger partial charge in [0.15, 0.2) is 0 Å². The van der Waals surface area contributed by atoms with E-state index in [-0.39, 0.29) is 0 Å². The molecule has 80 valence electrons. The number of hydrogen-bond acceptors (Lipinski definition) is 3. The summed E-state index contributed by atoms with van der Waals surface area (Å²) in [5.74, 6) is 3.12. The van der Waals surface area contributed by atoms with Gasteiger partial charge in [-0.25, -0.2) is 0 Å². The predicted octanol–water partition coefficient (Wildman–Crippen LogP) is 1.49. The van der Waals surface area contributed by atoms with Crippen LogP contribution in [0.4, 0.5) is 0 Å². The van der Waals surface area contributed by atoms with Crippen LogP contribution in [0.5, 0.6) is 0 Å². The first-order chi connectivity index (χ1) is 6.77. The second-order valence-electron chi connectivity index (χ2n) is 4.25. The Bertz CT molecular complexity index is 214. The molecule has 2 fully saturated rings. The Morgan fingerprint density at radius 2 is 2.29 bits per heavy atom. The minimum atomic E-state index is 0.476. The van der Waals surface area contributed by atoms with E-state index in [0.717, 1.165) is 17.6 Å².